The van der Waals surface area contributed by atoms with Crippen LogP contribution < -0.4 is 5.32 Å². The molecule has 0 aromatic carbocycles. The van der Waals surface area contributed by atoms with Crippen molar-refractivity contribution in [1.82, 2.24) is 15.5 Å². The highest BCUT2D eigenvalue weighted by Gasteiger charge is 2.25. The monoisotopic (exact) mass is 297 g/mol. The van der Waals surface area contributed by atoms with Crippen LogP contribution in [0.4, 0.5) is 0 Å². The molecule has 0 radical (unpaired) electrons. The second-order valence-corrected chi connectivity index (χ2v) is 5.60. The minimum atomic E-state index is 0.575. The summed E-state index contributed by atoms with van der Waals surface area (Å²) in [4.78, 5) is 4.47. The van der Waals surface area contributed by atoms with Crippen molar-refractivity contribution in [2.75, 3.05) is 34.0 Å². The van der Waals surface area contributed by atoms with Crippen LogP contribution in [0.1, 0.15) is 37.4 Å². The quantitative estimate of drug-likeness (QED) is 0.698. The molecule has 1 aliphatic carbocycles. The standard InChI is InChI=1S/C15H27N3O3/c1-16-13-6-4-3-5-12(13)11-15-17-14(18-21-15)7-8-20-10-9-19-2/h12-13,16H,3-11H2,1-2H3. The minimum absolute atomic E-state index is 0.575. The van der Waals surface area contributed by atoms with Gasteiger partial charge >= 0.3 is 0 Å². The van der Waals surface area contributed by atoms with Crippen molar-refractivity contribution in [2.24, 2.45) is 5.92 Å². The van der Waals surface area contributed by atoms with E-state index in [1.54, 1.807) is 7.11 Å². The molecule has 1 aliphatic rings. The Balaban J connectivity index is 1.74. The predicted octanol–water partition coefficient (Wildman–Crippen LogP) is 1.60. The highest BCUT2D eigenvalue weighted by atomic mass is 16.5. The van der Waals surface area contributed by atoms with E-state index in [1.807, 2.05) is 7.05 Å². The van der Waals surface area contributed by atoms with E-state index in [1.165, 1.54) is 25.7 Å². The van der Waals surface area contributed by atoms with Crippen molar-refractivity contribution < 1.29 is 14.0 Å². The molecule has 1 fully saturated rings. The number of hydrogen-bond donors (Lipinski definition) is 1. The third-order valence-corrected chi connectivity index (χ3v) is 4.13. The van der Waals surface area contributed by atoms with Crippen LogP contribution in [-0.4, -0.2) is 50.2 Å². The summed E-state index contributed by atoms with van der Waals surface area (Å²) in [5.74, 6) is 2.10. The highest BCUT2D eigenvalue weighted by Crippen LogP contribution is 2.26. The van der Waals surface area contributed by atoms with Gasteiger partial charge in [-0.1, -0.05) is 18.0 Å². The lowest BCUT2D eigenvalue weighted by atomic mass is 9.82. The zero-order valence-corrected chi connectivity index (χ0v) is 13.1. The molecule has 21 heavy (non-hydrogen) atoms. The summed E-state index contributed by atoms with van der Waals surface area (Å²) < 4.78 is 15.7. The Labute approximate surface area is 126 Å². The Morgan fingerprint density at radius 2 is 2.10 bits per heavy atom. The number of rotatable bonds is 9. The van der Waals surface area contributed by atoms with Gasteiger partial charge in [0.15, 0.2) is 5.82 Å². The molecule has 1 saturated carbocycles. The summed E-state index contributed by atoms with van der Waals surface area (Å²) in [6.07, 6.45) is 6.67. The molecule has 0 bridgehead atoms. The second kappa shape index (κ2) is 9.12. The fourth-order valence-corrected chi connectivity index (χ4v) is 2.94. The zero-order valence-electron chi connectivity index (χ0n) is 13.1. The van der Waals surface area contributed by atoms with Crippen LogP contribution in [0, 0.1) is 5.92 Å². The third-order valence-electron chi connectivity index (χ3n) is 4.13. The molecule has 6 nitrogen and oxygen atoms in total. The van der Waals surface area contributed by atoms with Crippen molar-refractivity contribution in [3.63, 3.8) is 0 Å². The second-order valence-electron chi connectivity index (χ2n) is 5.60. The largest absolute Gasteiger partial charge is 0.382 e. The summed E-state index contributed by atoms with van der Waals surface area (Å²) in [5.41, 5.74) is 0. The van der Waals surface area contributed by atoms with Crippen molar-refractivity contribution in [3.8, 4) is 0 Å². The Bertz CT molecular complexity index is 397. The normalized spacial score (nSPS) is 22.6. The molecule has 1 heterocycles. The van der Waals surface area contributed by atoms with E-state index in [4.69, 9.17) is 14.0 Å². The first kappa shape index (κ1) is 16.4. The van der Waals surface area contributed by atoms with Crippen molar-refractivity contribution in [2.45, 2.75) is 44.6 Å². The Morgan fingerprint density at radius 1 is 1.24 bits per heavy atom. The lowest BCUT2D eigenvalue weighted by Gasteiger charge is -2.30. The van der Waals surface area contributed by atoms with Gasteiger partial charge in [-0.05, 0) is 25.8 Å². The highest BCUT2D eigenvalue weighted by molar-refractivity contribution is 4.92. The average Bonchev–Trinajstić information content (AvgIpc) is 2.95. The average molecular weight is 297 g/mol. The molecule has 0 aliphatic heterocycles. The van der Waals surface area contributed by atoms with Crippen LogP contribution in [-0.2, 0) is 22.3 Å². The van der Waals surface area contributed by atoms with Crippen LogP contribution in [0.2, 0.25) is 0 Å². The van der Waals surface area contributed by atoms with Gasteiger partial charge in [0, 0.05) is 26.0 Å². The molecule has 0 spiro atoms. The van der Waals surface area contributed by atoms with Gasteiger partial charge in [-0.15, -0.1) is 0 Å². The van der Waals surface area contributed by atoms with E-state index in [-0.39, 0.29) is 0 Å². The number of hydrogen-bond acceptors (Lipinski definition) is 6. The molecule has 0 amide bonds. The van der Waals surface area contributed by atoms with E-state index >= 15 is 0 Å². The van der Waals surface area contributed by atoms with Gasteiger partial charge in [-0.25, -0.2) is 0 Å². The molecule has 2 unspecified atom stereocenters. The molecule has 1 aromatic heterocycles. The van der Waals surface area contributed by atoms with Crippen LogP contribution in [0.25, 0.3) is 0 Å². The van der Waals surface area contributed by atoms with Crippen LogP contribution >= 0.6 is 0 Å². The van der Waals surface area contributed by atoms with Gasteiger partial charge in [-0.2, -0.15) is 4.98 Å². The van der Waals surface area contributed by atoms with E-state index in [0.717, 1.165) is 18.1 Å². The summed E-state index contributed by atoms with van der Waals surface area (Å²) in [6.45, 7) is 1.82. The molecule has 2 rings (SSSR count). The lowest BCUT2D eigenvalue weighted by Crippen LogP contribution is -2.37. The summed E-state index contributed by atoms with van der Waals surface area (Å²) in [6, 6.07) is 0.575. The van der Waals surface area contributed by atoms with E-state index < -0.39 is 0 Å². The topological polar surface area (TPSA) is 69.4 Å². The first-order valence-corrected chi connectivity index (χ1v) is 7.89. The van der Waals surface area contributed by atoms with Gasteiger partial charge in [0.1, 0.15) is 0 Å². The third kappa shape index (κ3) is 5.37. The predicted molar refractivity (Wildman–Crippen MR) is 79.2 cm³/mol. The van der Waals surface area contributed by atoms with Crippen LogP contribution in [0.15, 0.2) is 4.52 Å². The minimum Gasteiger partial charge on any atom is -0.382 e. The van der Waals surface area contributed by atoms with Gasteiger partial charge in [0.25, 0.3) is 0 Å². The number of nitrogens with one attached hydrogen (secondary N) is 1. The van der Waals surface area contributed by atoms with Gasteiger partial charge in [0.2, 0.25) is 5.89 Å². The molecule has 1 N–H and O–H groups in total. The summed E-state index contributed by atoms with van der Waals surface area (Å²) in [5, 5.41) is 7.45. The molecule has 120 valence electrons. The SMILES string of the molecule is CNC1CCCCC1Cc1nc(CCOCCOC)no1. The van der Waals surface area contributed by atoms with Crippen LogP contribution in [0.5, 0.6) is 0 Å². The first-order chi connectivity index (χ1) is 10.3. The maximum Gasteiger partial charge on any atom is 0.226 e. The number of ether oxygens (including phenoxy) is 2. The van der Waals surface area contributed by atoms with Gasteiger partial charge in [-0.3, -0.25) is 0 Å². The van der Waals surface area contributed by atoms with E-state index in [9.17, 15) is 0 Å². The smallest absolute Gasteiger partial charge is 0.226 e. The Morgan fingerprint density at radius 3 is 2.90 bits per heavy atom. The summed E-state index contributed by atoms with van der Waals surface area (Å²) >= 11 is 0. The number of methoxy groups -OCH3 is 1. The molecule has 6 heteroatoms. The van der Waals surface area contributed by atoms with Crippen LogP contribution in [0.3, 0.4) is 0 Å². The zero-order chi connectivity index (χ0) is 14.9. The lowest BCUT2D eigenvalue weighted by molar-refractivity contribution is 0.0714. The van der Waals surface area contributed by atoms with E-state index in [0.29, 0.717) is 38.2 Å². The first-order valence-electron chi connectivity index (χ1n) is 7.89. The molecular weight excluding hydrogens is 270 g/mol. The Hall–Kier alpha value is -0.980. The number of nitrogens with zero attached hydrogens (tertiary/aromatic N) is 2. The van der Waals surface area contributed by atoms with Gasteiger partial charge < -0.3 is 19.3 Å². The Kier molecular flexibility index (Phi) is 7.12. The van der Waals surface area contributed by atoms with Crippen molar-refractivity contribution in [3.05, 3.63) is 11.7 Å². The molecule has 1 aromatic rings. The van der Waals surface area contributed by atoms with Crippen molar-refractivity contribution in [1.29, 1.82) is 0 Å². The molecular formula is C15H27N3O3. The maximum absolute atomic E-state index is 5.41. The summed E-state index contributed by atoms with van der Waals surface area (Å²) in [7, 11) is 3.71. The van der Waals surface area contributed by atoms with E-state index in [2.05, 4.69) is 15.5 Å². The number of aromatic nitrogens is 2. The fraction of sp³-hybridized carbons (Fsp3) is 0.867. The maximum atomic E-state index is 5.41. The van der Waals surface area contributed by atoms with Gasteiger partial charge in [0.05, 0.1) is 19.8 Å². The molecule has 0 saturated heterocycles. The van der Waals surface area contributed by atoms with Crippen molar-refractivity contribution >= 4 is 0 Å². The molecule has 2 atom stereocenters. The fourth-order valence-electron chi connectivity index (χ4n) is 2.94.